The Hall–Kier alpha value is -4.75. The molecule has 0 N–H and O–H groups in total. The van der Waals surface area contributed by atoms with Crippen LogP contribution >= 0.6 is 0 Å². The number of rotatable bonds is 5. The van der Waals surface area contributed by atoms with Crippen molar-refractivity contribution in [3.63, 3.8) is 0 Å². The first-order chi connectivity index (χ1) is 18.7. The summed E-state index contributed by atoms with van der Waals surface area (Å²) < 4.78 is 7.06. The number of aryl methyl sites for hydroxylation is 2. The monoisotopic (exact) mass is 489 g/mol. The Morgan fingerprint density at radius 1 is 0.316 bits per heavy atom. The molecular weight excluding hydrogens is 460 g/mol. The largest absolute Gasteiger partial charge is 0.369 e. The lowest BCUT2D eigenvalue weighted by molar-refractivity contribution is 0.586. The van der Waals surface area contributed by atoms with E-state index in [1.807, 2.05) is 0 Å². The first-order valence-corrected chi connectivity index (χ1v) is 13.0. The normalized spacial score (nSPS) is 10.9. The van der Waals surface area contributed by atoms with E-state index in [2.05, 4.69) is 153 Å². The van der Waals surface area contributed by atoms with Crippen LogP contribution < -0.4 is 0 Å². The molecule has 182 valence electrons. The summed E-state index contributed by atoms with van der Waals surface area (Å²) >= 11 is 0. The first kappa shape index (κ1) is 23.6. The molecule has 5 aromatic carbocycles. The predicted molar refractivity (Wildman–Crippen MR) is 160 cm³/mol. The molecule has 0 atom stereocenters. The van der Waals surface area contributed by atoms with E-state index in [9.17, 15) is 0 Å². The second-order valence-corrected chi connectivity index (χ2v) is 9.72. The molecule has 0 fully saturated rings. The summed E-state index contributed by atoms with van der Waals surface area (Å²) in [5.74, 6) is 1.73. The molecule has 1 heteroatoms. The molecule has 6 aromatic rings. The maximum Gasteiger partial charge on any atom is 0.369 e. The van der Waals surface area contributed by atoms with E-state index < -0.39 is 0 Å². The van der Waals surface area contributed by atoms with Gasteiger partial charge in [0.2, 0.25) is 0 Å². The molecule has 0 aliphatic carbocycles. The van der Waals surface area contributed by atoms with Crippen LogP contribution in [-0.4, -0.2) is 0 Å². The number of benzene rings is 5. The molecule has 0 saturated heterocycles. The van der Waals surface area contributed by atoms with Crippen LogP contribution in [0.25, 0.3) is 56.0 Å². The Morgan fingerprint density at radius 3 is 0.974 bits per heavy atom. The van der Waals surface area contributed by atoms with Crippen LogP contribution in [0.1, 0.15) is 11.1 Å². The van der Waals surface area contributed by atoms with Crippen LogP contribution in [0.5, 0.6) is 0 Å². The molecule has 38 heavy (non-hydrogen) atoms. The van der Waals surface area contributed by atoms with E-state index >= 15 is 0 Å². The van der Waals surface area contributed by atoms with Crippen molar-refractivity contribution >= 4 is 0 Å². The Morgan fingerprint density at radius 2 is 0.632 bits per heavy atom. The topological polar surface area (TPSA) is 11.3 Å². The summed E-state index contributed by atoms with van der Waals surface area (Å²) in [5.41, 5.74) is 11.3. The van der Waals surface area contributed by atoms with Gasteiger partial charge in [0, 0.05) is 5.56 Å². The number of hydrogen-bond acceptors (Lipinski definition) is 0. The average Bonchev–Trinajstić information content (AvgIpc) is 2.98. The molecule has 0 amide bonds. The fraction of sp³-hybridized carbons (Fsp3) is 0.0541. The molecular formula is C37H29O+. The van der Waals surface area contributed by atoms with Crippen molar-refractivity contribution in [2.45, 2.75) is 13.8 Å². The first-order valence-electron chi connectivity index (χ1n) is 13.0. The second kappa shape index (κ2) is 10.3. The molecule has 6 rings (SSSR count). The van der Waals surface area contributed by atoms with Gasteiger partial charge in [0.05, 0.1) is 22.3 Å². The van der Waals surface area contributed by atoms with Gasteiger partial charge in [0.25, 0.3) is 0 Å². The van der Waals surface area contributed by atoms with Gasteiger partial charge in [-0.1, -0.05) is 126 Å². The van der Waals surface area contributed by atoms with Crippen molar-refractivity contribution in [3.8, 4) is 56.0 Å². The Bertz CT molecular complexity index is 1560. The Balaban J connectivity index is 1.83. The van der Waals surface area contributed by atoms with Gasteiger partial charge in [-0.05, 0) is 54.8 Å². The molecule has 0 unspecified atom stereocenters. The summed E-state index contributed by atoms with van der Waals surface area (Å²) in [4.78, 5) is 0. The Kier molecular flexibility index (Phi) is 6.42. The second-order valence-electron chi connectivity index (χ2n) is 9.72. The van der Waals surface area contributed by atoms with Crippen molar-refractivity contribution < 1.29 is 4.42 Å². The Labute approximate surface area is 224 Å². The van der Waals surface area contributed by atoms with Crippen molar-refractivity contribution in [3.05, 3.63) is 151 Å². The summed E-state index contributed by atoms with van der Waals surface area (Å²) in [7, 11) is 0. The molecule has 0 spiro atoms. The van der Waals surface area contributed by atoms with Crippen LogP contribution in [-0.2, 0) is 0 Å². The molecule has 0 aliphatic rings. The third-order valence-corrected chi connectivity index (χ3v) is 6.97. The van der Waals surface area contributed by atoms with Gasteiger partial charge in [-0.2, -0.15) is 0 Å². The highest BCUT2D eigenvalue weighted by Crippen LogP contribution is 2.50. The predicted octanol–water partition coefficient (Wildman–Crippen LogP) is 10.5. The summed E-state index contributed by atoms with van der Waals surface area (Å²) in [6, 6.07) is 49.2. The van der Waals surface area contributed by atoms with Crippen LogP contribution in [0.15, 0.2) is 144 Å². The highest BCUT2D eigenvalue weighted by atomic mass is 16.3. The minimum atomic E-state index is 0.866. The van der Waals surface area contributed by atoms with E-state index in [0.29, 0.717) is 0 Å². The average molecular weight is 490 g/mol. The molecule has 0 aliphatic heterocycles. The van der Waals surface area contributed by atoms with Gasteiger partial charge in [0.1, 0.15) is 0 Å². The molecule has 1 heterocycles. The van der Waals surface area contributed by atoms with E-state index in [4.69, 9.17) is 4.42 Å². The van der Waals surface area contributed by atoms with Gasteiger partial charge in [-0.25, -0.2) is 4.42 Å². The highest BCUT2D eigenvalue weighted by molar-refractivity contribution is 6.03. The van der Waals surface area contributed by atoms with E-state index in [-0.39, 0.29) is 0 Å². The van der Waals surface area contributed by atoms with Crippen molar-refractivity contribution in [1.82, 2.24) is 0 Å². The molecule has 0 radical (unpaired) electrons. The third-order valence-electron chi connectivity index (χ3n) is 6.97. The van der Waals surface area contributed by atoms with Gasteiger partial charge in [0.15, 0.2) is 0 Å². The zero-order chi connectivity index (χ0) is 25.9. The zero-order valence-corrected chi connectivity index (χ0v) is 21.7. The van der Waals surface area contributed by atoms with E-state index in [0.717, 1.165) is 50.5 Å². The van der Waals surface area contributed by atoms with Crippen molar-refractivity contribution in [1.29, 1.82) is 0 Å². The van der Waals surface area contributed by atoms with Crippen LogP contribution in [0.3, 0.4) is 0 Å². The lowest BCUT2D eigenvalue weighted by atomic mass is 9.84. The fourth-order valence-corrected chi connectivity index (χ4v) is 5.03. The maximum atomic E-state index is 7.06. The van der Waals surface area contributed by atoms with Crippen molar-refractivity contribution in [2.75, 3.05) is 0 Å². The lowest BCUT2D eigenvalue weighted by Gasteiger charge is -2.16. The molecule has 1 nitrogen and oxygen atoms in total. The van der Waals surface area contributed by atoms with Gasteiger partial charge >= 0.3 is 11.5 Å². The minimum absolute atomic E-state index is 0.866. The van der Waals surface area contributed by atoms with Gasteiger partial charge < -0.3 is 0 Å². The lowest BCUT2D eigenvalue weighted by Crippen LogP contribution is -1.98. The molecule has 0 saturated carbocycles. The highest BCUT2D eigenvalue weighted by Gasteiger charge is 2.34. The standard InChI is InChI=1S/C37H29O/c1-26-18-22-31(23-19-26)36-34(29-14-8-4-9-15-29)33(28-12-6-3-7-13-28)35(30-16-10-5-11-17-30)37(38-36)32-24-20-27(2)21-25-32/h3-25H,1-2H3/q+1. The van der Waals surface area contributed by atoms with Crippen LogP contribution in [0, 0.1) is 13.8 Å². The van der Waals surface area contributed by atoms with Crippen LogP contribution in [0.4, 0.5) is 0 Å². The summed E-state index contributed by atoms with van der Waals surface area (Å²) in [6.07, 6.45) is 0. The van der Waals surface area contributed by atoms with E-state index in [1.165, 1.54) is 16.7 Å². The van der Waals surface area contributed by atoms with Crippen molar-refractivity contribution in [2.24, 2.45) is 0 Å². The smallest absolute Gasteiger partial charge is 0.205 e. The van der Waals surface area contributed by atoms with Crippen LogP contribution in [0.2, 0.25) is 0 Å². The quantitative estimate of drug-likeness (QED) is 0.219. The SMILES string of the molecule is Cc1ccc(-c2[o+]c(-c3ccc(C)cc3)c(-c3ccccc3)c(-c3ccccc3)c2-c2ccccc2)cc1. The fourth-order valence-electron chi connectivity index (χ4n) is 5.03. The molecule has 0 bridgehead atoms. The summed E-state index contributed by atoms with van der Waals surface area (Å²) in [5, 5.41) is 0. The molecule has 1 aromatic heterocycles. The third kappa shape index (κ3) is 4.55. The van der Waals surface area contributed by atoms with Gasteiger partial charge in [-0.15, -0.1) is 0 Å². The zero-order valence-electron chi connectivity index (χ0n) is 21.7. The maximum absolute atomic E-state index is 7.06. The number of hydrogen-bond donors (Lipinski definition) is 0. The van der Waals surface area contributed by atoms with E-state index in [1.54, 1.807) is 0 Å². The summed E-state index contributed by atoms with van der Waals surface area (Å²) in [6.45, 7) is 4.23. The van der Waals surface area contributed by atoms with Gasteiger partial charge in [-0.3, -0.25) is 0 Å². The minimum Gasteiger partial charge on any atom is -0.205 e.